The highest BCUT2D eigenvalue weighted by molar-refractivity contribution is 7.86. The van der Waals surface area contributed by atoms with Gasteiger partial charge in [-0.05, 0) is 64.0 Å². The van der Waals surface area contributed by atoms with Gasteiger partial charge in [0.15, 0.2) is 6.29 Å². The largest absolute Gasteiger partial charge is 0.381 e. The predicted molar refractivity (Wildman–Crippen MR) is 149 cm³/mol. The molecular formula is C30H52O6S. The molecule has 1 heterocycles. The lowest BCUT2D eigenvalue weighted by atomic mass is 10.1. The monoisotopic (exact) mass is 540 g/mol. The molecule has 0 amide bonds. The van der Waals surface area contributed by atoms with Crippen molar-refractivity contribution < 1.29 is 26.8 Å². The zero-order chi connectivity index (χ0) is 26.4. The van der Waals surface area contributed by atoms with Crippen LogP contribution in [0.25, 0.3) is 0 Å². The lowest BCUT2D eigenvalue weighted by molar-refractivity contribution is -0.162. The molecule has 1 fully saturated rings. The molecule has 0 aliphatic carbocycles. The molecule has 0 bridgehead atoms. The number of ether oxygens (including phenoxy) is 3. The molecular weight excluding hydrogens is 488 g/mol. The summed E-state index contributed by atoms with van der Waals surface area (Å²) in [6.07, 6.45) is 19.9. The van der Waals surface area contributed by atoms with Crippen LogP contribution < -0.4 is 0 Å². The minimum Gasteiger partial charge on any atom is -0.381 e. The normalized spacial score (nSPS) is 16.3. The van der Waals surface area contributed by atoms with Gasteiger partial charge in [0.05, 0.1) is 11.5 Å². The van der Waals surface area contributed by atoms with Crippen LogP contribution in [0.2, 0.25) is 0 Å². The second kappa shape index (κ2) is 20.9. The molecule has 6 nitrogen and oxygen atoms in total. The molecule has 0 radical (unpaired) electrons. The molecule has 0 aromatic heterocycles. The highest BCUT2D eigenvalue weighted by Gasteiger charge is 2.14. The average molecular weight is 541 g/mol. The van der Waals surface area contributed by atoms with Crippen molar-refractivity contribution in [2.75, 3.05) is 33.0 Å². The van der Waals surface area contributed by atoms with Crippen molar-refractivity contribution >= 4 is 10.1 Å². The molecule has 0 N–H and O–H groups in total. The van der Waals surface area contributed by atoms with Crippen LogP contribution in [0.4, 0.5) is 0 Å². The molecule has 214 valence electrons. The van der Waals surface area contributed by atoms with Crippen LogP contribution in [0, 0.1) is 6.92 Å². The van der Waals surface area contributed by atoms with Crippen LogP contribution in [0.5, 0.6) is 0 Å². The van der Waals surface area contributed by atoms with Crippen molar-refractivity contribution in [3.63, 3.8) is 0 Å². The molecule has 7 heteroatoms. The fraction of sp³-hybridized carbons (Fsp3) is 0.800. The van der Waals surface area contributed by atoms with E-state index in [1.54, 1.807) is 24.3 Å². The van der Waals surface area contributed by atoms with Crippen LogP contribution in [-0.2, 0) is 28.5 Å². The number of unbranched alkanes of at least 4 members (excludes halogenated alkanes) is 12. The van der Waals surface area contributed by atoms with E-state index < -0.39 is 10.1 Å². The molecule has 1 aromatic carbocycles. The third-order valence-electron chi connectivity index (χ3n) is 6.86. The van der Waals surface area contributed by atoms with E-state index in [1.807, 2.05) is 6.92 Å². The summed E-state index contributed by atoms with van der Waals surface area (Å²) in [5.74, 6) is 0. The lowest BCUT2D eigenvalue weighted by Crippen LogP contribution is -2.22. The van der Waals surface area contributed by atoms with Crippen LogP contribution in [0.15, 0.2) is 29.2 Å². The minimum absolute atomic E-state index is 0.0596. The SMILES string of the molecule is Cc1ccc(S(=O)(=O)OCCCCCCCCCOCCCCCCCCCOC2CCCCO2)cc1. The number of hydrogen-bond donors (Lipinski definition) is 0. The van der Waals surface area contributed by atoms with E-state index in [0.717, 1.165) is 70.5 Å². The van der Waals surface area contributed by atoms with Gasteiger partial charge in [-0.3, -0.25) is 4.18 Å². The first kappa shape index (κ1) is 32.2. The van der Waals surface area contributed by atoms with E-state index in [9.17, 15) is 8.42 Å². The van der Waals surface area contributed by atoms with Gasteiger partial charge in [0.1, 0.15) is 0 Å². The van der Waals surface area contributed by atoms with Crippen molar-refractivity contribution in [3.05, 3.63) is 29.8 Å². The zero-order valence-corrected chi connectivity index (χ0v) is 24.1. The quantitative estimate of drug-likeness (QED) is 0.104. The van der Waals surface area contributed by atoms with Gasteiger partial charge in [0, 0.05) is 26.4 Å². The van der Waals surface area contributed by atoms with Gasteiger partial charge in [0.25, 0.3) is 10.1 Å². The average Bonchev–Trinajstić information content (AvgIpc) is 2.90. The Morgan fingerprint density at radius 3 is 1.76 bits per heavy atom. The minimum atomic E-state index is -3.63. The fourth-order valence-electron chi connectivity index (χ4n) is 4.48. The maximum atomic E-state index is 12.1. The molecule has 1 unspecified atom stereocenters. The third kappa shape index (κ3) is 16.6. The van der Waals surface area contributed by atoms with Crippen LogP contribution in [0.1, 0.15) is 115 Å². The van der Waals surface area contributed by atoms with Gasteiger partial charge in [-0.2, -0.15) is 8.42 Å². The Bertz CT molecular complexity index is 759. The second-order valence-corrected chi connectivity index (χ2v) is 11.9. The van der Waals surface area contributed by atoms with E-state index in [4.69, 9.17) is 18.4 Å². The van der Waals surface area contributed by atoms with Crippen LogP contribution >= 0.6 is 0 Å². The van der Waals surface area contributed by atoms with E-state index in [-0.39, 0.29) is 17.8 Å². The van der Waals surface area contributed by atoms with Gasteiger partial charge >= 0.3 is 0 Å². The van der Waals surface area contributed by atoms with Gasteiger partial charge in [-0.1, -0.05) is 81.9 Å². The first-order chi connectivity index (χ1) is 18.1. The molecule has 1 atom stereocenters. The van der Waals surface area contributed by atoms with Gasteiger partial charge in [0.2, 0.25) is 0 Å². The van der Waals surface area contributed by atoms with E-state index in [0.29, 0.717) is 0 Å². The van der Waals surface area contributed by atoms with Crippen molar-refractivity contribution in [3.8, 4) is 0 Å². The third-order valence-corrected chi connectivity index (χ3v) is 8.18. The maximum Gasteiger partial charge on any atom is 0.296 e. The smallest absolute Gasteiger partial charge is 0.296 e. The van der Waals surface area contributed by atoms with E-state index in [2.05, 4.69) is 0 Å². The lowest BCUT2D eigenvalue weighted by Gasteiger charge is -2.22. The summed E-state index contributed by atoms with van der Waals surface area (Å²) >= 11 is 0. The Balaban J connectivity index is 1.24. The summed E-state index contributed by atoms with van der Waals surface area (Å²) in [6.45, 7) is 5.65. The van der Waals surface area contributed by atoms with Gasteiger partial charge in [-0.25, -0.2) is 0 Å². The Morgan fingerprint density at radius 2 is 1.22 bits per heavy atom. The molecule has 37 heavy (non-hydrogen) atoms. The molecule has 2 rings (SSSR count). The predicted octanol–water partition coefficient (Wildman–Crippen LogP) is 7.72. The second-order valence-electron chi connectivity index (χ2n) is 10.3. The van der Waals surface area contributed by atoms with Crippen LogP contribution in [-0.4, -0.2) is 47.7 Å². The van der Waals surface area contributed by atoms with E-state index >= 15 is 0 Å². The Morgan fingerprint density at radius 1 is 0.703 bits per heavy atom. The molecule has 1 saturated heterocycles. The van der Waals surface area contributed by atoms with Gasteiger partial charge < -0.3 is 14.2 Å². The molecule has 1 aliphatic rings. The molecule has 0 saturated carbocycles. The van der Waals surface area contributed by atoms with E-state index in [1.165, 1.54) is 70.6 Å². The van der Waals surface area contributed by atoms with Gasteiger partial charge in [-0.15, -0.1) is 0 Å². The zero-order valence-electron chi connectivity index (χ0n) is 23.3. The Labute approximate surface area is 226 Å². The summed E-state index contributed by atoms with van der Waals surface area (Å²) in [6, 6.07) is 6.78. The Kier molecular flexibility index (Phi) is 18.2. The number of rotatable bonds is 23. The Hall–Kier alpha value is -0.990. The van der Waals surface area contributed by atoms with Crippen molar-refractivity contribution in [2.24, 2.45) is 0 Å². The number of hydrogen-bond acceptors (Lipinski definition) is 6. The standard InChI is InChI=1S/C30H52O6S/c1-28-19-21-29(22-20-28)37(31,32)36-27-16-11-7-3-5-9-14-24-33-23-13-8-4-2-6-10-15-25-34-30-18-12-17-26-35-30/h19-22,30H,2-18,23-27H2,1H3. The summed E-state index contributed by atoms with van der Waals surface area (Å²) in [4.78, 5) is 0.234. The summed E-state index contributed by atoms with van der Waals surface area (Å²) < 4.78 is 46.6. The van der Waals surface area contributed by atoms with Crippen molar-refractivity contribution in [1.82, 2.24) is 0 Å². The highest BCUT2D eigenvalue weighted by atomic mass is 32.2. The topological polar surface area (TPSA) is 71.1 Å². The maximum absolute atomic E-state index is 12.1. The number of aryl methyl sites for hydroxylation is 1. The first-order valence-electron chi connectivity index (χ1n) is 14.8. The highest BCUT2D eigenvalue weighted by Crippen LogP contribution is 2.16. The van der Waals surface area contributed by atoms with Crippen molar-refractivity contribution in [1.29, 1.82) is 0 Å². The fourth-order valence-corrected chi connectivity index (χ4v) is 5.42. The molecule has 0 spiro atoms. The summed E-state index contributed by atoms with van der Waals surface area (Å²) in [5.41, 5.74) is 1.03. The first-order valence-corrected chi connectivity index (χ1v) is 16.3. The van der Waals surface area contributed by atoms with Crippen molar-refractivity contribution in [2.45, 2.75) is 127 Å². The number of benzene rings is 1. The summed E-state index contributed by atoms with van der Waals surface area (Å²) in [5, 5.41) is 0. The molecule has 1 aliphatic heterocycles. The summed E-state index contributed by atoms with van der Waals surface area (Å²) in [7, 11) is -3.63. The molecule has 1 aromatic rings. The van der Waals surface area contributed by atoms with Crippen LogP contribution in [0.3, 0.4) is 0 Å².